The standard InChI is InChI=1S/C11H20N2S/c1-3-9-4-7-14-10(13-9)12-8-11(2)5-6-11/h9H,3-8H2,1-2H3,(H,12,13). The Morgan fingerprint density at radius 2 is 2.36 bits per heavy atom. The first-order valence-electron chi connectivity index (χ1n) is 5.66. The van der Waals surface area contributed by atoms with Crippen LogP contribution in [0.1, 0.15) is 39.5 Å². The number of aliphatic imine (C=N–C) groups is 1. The summed E-state index contributed by atoms with van der Waals surface area (Å²) in [7, 11) is 0. The summed E-state index contributed by atoms with van der Waals surface area (Å²) in [5.41, 5.74) is 0.550. The molecule has 2 rings (SSSR count). The molecule has 0 bridgehead atoms. The van der Waals surface area contributed by atoms with Gasteiger partial charge in [-0.2, -0.15) is 0 Å². The van der Waals surface area contributed by atoms with Crippen molar-refractivity contribution in [2.75, 3.05) is 12.3 Å². The van der Waals surface area contributed by atoms with Crippen LogP contribution in [0.15, 0.2) is 4.99 Å². The van der Waals surface area contributed by atoms with Crippen molar-refractivity contribution in [3.05, 3.63) is 0 Å². The molecule has 1 atom stereocenters. The van der Waals surface area contributed by atoms with Crippen molar-refractivity contribution < 1.29 is 0 Å². The summed E-state index contributed by atoms with van der Waals surface area (Å²) in [6, 6.07) is 0.669. The van der Waals surface area contributed by atoms with Crippen molar-refractivity contribution in [2.45, 2.75) is 45.6 Å². The first-order chi connectivity index (χ1) is 6.72. The van der Waals surface area contributed by atoms with Gasteiger partial charge in [-0.15, -0.1) is 0 Å². The molecule has 0 aromatic rings. The van der Waals surface area contributed by atoms with Crippen LogP contribution in [0.2, 0.25) is 0 Å². The first kappa shape index (κ1) is 10.3. The summed E-state index contributed by atoms with van der Waals surface area (Å²) < 4.78 is 0. The van der Waals surface area contributed by atoms with Crippen LogP contribution in [0.4, 0.5) is 0 Å². The van der Waals surface area contributed by atoms with Crippen LogP contribution in [-0.2, 0) is 0 Å². The van der Waals surface area contributed by atoms with Gasteiger partial charge in [-0.05, 0) is 31.1 Å². The molecule has 3 heteroatoms. The van der Waals surface area contributed by atoms with Gasteiger partial charge in [0.15, 0.2) is 5.17 Å². The predicted octanol–water partition coefficient (Wildman–Crippen LogP) is 2.65. The average Bonchev–Trinajstić information content (AvgIpc) is 2.95. The van der Waals surface area contributed by atoms with Crippen LogP contribution in [0.25, 0.3) is 0 Å². The molecule has 2 aliphatic rings. The van der Waals surface area contributed by atoms with Crippen LogP contribution in [-0.4, -0.2) is 23.5 Å². The molecule has 0 amide bonds. The second-order valence-electron chi connectivity index (χ2n) is 4.82. The van der Waals surface area contributed by atoms with Crippen LogP contribution in [0, 0.1) is 5.41 Å². The van der Waals surface area contributed by atoms with E-state index in [9.17, 15) is 0 Å². The maximum atomic E-state index is 4.68. The number of amidine groups is 1. The van der Waals surface area contributed by atoms with E-state index in [4.69, 9.17) is 0 Å². The molecule has 1 N–H and O–H groups in total. The lowest BCUT2D eigenvalue weighted by atomic mass is 10.1. The highest BCUT2D eigenvalue weighted by atomic mass is 32.2. The number of rotatable bonds is 3. The molecule has 1 unspecified atom stereocenters. The van der Waals surface area contributed by atoms with Crippen LogP contribution in [0.3, 0.4) is 0 Å². The largest absolute Gasteiger partial charge is 0.362 e. The third-order valence-electron chi connectivity index (χ3n) is 3.23. The Labute approximate surface area is 90.9 Å². The lowest BCUT2D eigenvalue weighted by Crippen LogP contribution is -2.37. The van der Waals surface area contributed by atoms with Gasteiger partial charge in [0.1, 0.15) is 0 Å². The summed E-state index contributed by atoms with van der Waals surface area (Å²) in [4.78, 5) is 4.68. The molecule has 1 saturated heterocycles. The maximum absolute atomic E-state index is 4.68. The molecular formula is C11H20N2S. The molecule has 0 aromatic carbocycles. The zero-order valence-corrected chi connectivity index (χ0v) is 9.99. The van der Waals surface area contributed by atoms with Crippen LogP contribution < -0.4 is 5.32 Å². The van der Waals surface area contributed by atoms with Gasteiger partial charge in [-0.25, -0.2) is 0 Å². The van der Waals surface area contributed by atoms with Gasteiger partial charge >= 0.3 is 0 Å². The van der Waals surface area contributed by atoms with Crippen molar-refractivity contribution in [1.29, 1.82) is 0 Å². The van der Waals surface area contributed by atoms with Crippen molar-refractivity contribution in [3.8, 4) is 0 Å². The van der Waals surface area contributed by atoms with Crippen molar-refractivity contribution >= 4 is 16.9 Å². The van der Waals surface area contributed by atoms with Crippen molar-refractivity contribution in [1.82, 2.24) is 5.32 Å². The molecule has 1 aliphatic heterocycles. The summed E-state index contributed by atoms with van der Waals surface area (Å²) in [5.74, 6) is 1.24. The fourth-order valence-electron chi connectivity index (χ4n) is 1.62. The van der Waals surface area contributed by atoms with Gasteiger partial charge < -0.3 is 5.32 Å². The minimum Gasteiger partial charge on any atom is -0.362 e. The molecule has 14 heavy (non-hydrogen) atoms. The molecule has 80 valence electrons. The second kappa shape index (κ2) is 4.13. The zero-order chi connectivity index (χ0) is 10.0. The highest BCUT2D eigenvalue weighted by Crippen LogP contribution is 2.45. The highest BCUT2D eigenvalue weighted by molar-refractivity contribution is 8.13. The Balaban J connectivity index is 1.83. The second-order valence-corrected chi connectivity index (χ2v) is 5.90. The molecular weight excluding hydrogens is 192 g/mol. The molecule has 0 aromatic heterocycles. The molecule has 0 spiro atoms. The lowest BCUT2D eigenvalue weighted by Gasteiger charge is -2.24. The van der Waals surface area contributed by atoms with Gasteiger partial charge in [0, 0.05) is 18.3 Å². The lowest BCUT2D eigenvalue weighted by molar-refractivity contribution is 0.560. The van der Waals surface area contributed by atoms with E-state index in [1.165, 1.54) is 36.6 Å². The Kier molecular flexibility index (Phi) is 3.05. The Hall–Kier alpha value is -0.180. The number of nitrogens with one attached hydrogen (secondary N) is 1. The van der Waals surface area contributed by atoms with Gasteiger partial charge in [0.2, 0.25) is 0 Å². The molecule has 1 heterocycles. The summed E-state index contributed by atoms with van der Waals surface area (Å²) in [6.07, 6.45) is 5.24. The van der Waals surface area contributed by atoms with Crippen LogP contribution >= 0.6 is 11.8 Å². The van der Waals surface area contributed by atoms with Gasteiger partial charge in [-0.3, -0.25) is 4.99 Å². The van der Waals surface area contributed by atoms with Crippen LogP contribution in [0.5, 0.6) is 0 Å². The van der Waals surface area contributed by atoms with E-state index in [1.807, 2.05) is 11.8 Å². The van der Waals surface area contributed by atoms with E-state index in [0.29, 0.717) is 11.5 Å². The zero-order valence-electron chi connectivity index (χ0n) is 9.18. The summed E-state index contributed by atoms with van der Waals surface area (Å²) in [5, 5.41) is 4.71. The molecule has 1 saturated carbocycles. The third-order valence-corrected chi connectivity index (χ3v) is 4.19. The Morgan fingerprint density at radius 3 is 3.00 bits per heavy atom. The molecule has 2 nitrogen and oxygen atoms in total. The molecule has 0 radical (unpaired) electrons. The third kappa shape index (κ3) is 2.66. The average molecular weight is 212 g/mol. The highest BCUT2D eigenvalue weighted by Gasteiger charge is 2.37. The monoisotopic (exact) mass is 212 g/mol. The smallest absolute Gasteiger partial charge is 0.156 e. The predicted molar refractivity (Wildman–Crippen MR) is 63.9 cm³/mol. The fraction of sp³-hybridized carbons (Fsp3) is 0.909. The fourth-order valence-corrected chi connectivity index (χ4v) is 2.62. The Morgan fingerprint density at radius 1 is 1.57 bits per heavy atom. The van der Waals surface area contributed by atoms with E-state index >= 15 is 0 Å². The minimum absolute atomic E-state index is 0.550. The van der Waals surface area contributed by atoms with E-state index < -0.39 is 0 Å². The van der Waals surface area contributed by atoms with E-state index in [1.54, 1.807) is 0 Å². The molecule has 2 fully saturated rings. The summed E-state index contributed by atoms with van der Waals surface area (Å²) >= 11 is 1.89. The van der Waals surface area contributed by atoms with E-state index in [-0.39, 0.29) is 0 Å². The SMILES string of the molecule is CCC1CCSC(=NCC2(C)CC2)N1. The number of hydrogen-bond acceptors (Lipinski definition) is 2. The minimum atomic E-state index is 0.550. The summed E-state index contributed by atoms with van der Waals surface area (Å²) in [6.45, 7) is 5.61. The topological polar surface area (TPSA) is 24.4 Å². The quantitative estimate of drug-likeness (QED) is 0.778. The van der Waals surface area contributed by atoms with Gasteiger partial charge in [0.05, 0.1) is 0 Å². The maximum Gasteiger partial charge on any atom is 0.156 e. The van der Waals surface area contributed by atoms with Crippen molar-refractivity contribution in [3.63, 3.8) is 0 Å². The van der Waals surface area contributed by atoms with Gasteiger partial charge in [0.25, 0.3) is 0 Å². The van der Waals surface area contributed by atoms with Crippen molar-refractivity contribution in [2.24, 2.45) is 10.4 Å². The van der Waals surface area contributed by atoms with E-state index in [0.717, 1.165) is 6.54 Å². The Bertz CT molecular complexity index is 233. The first-order valence-corrected chi connectivity index (χ1v) is 6.64. The number of hydrogen-bond donors (Lipinski definition) is 1. The number of nitrogens with zero attached hydrogens (tertiary/aromatic N) is 1. The van der Waals surface area contributed by atoms with Gasteiger partial charge in [-0.1, -0.05) is 25.6 Å². The number of thioether (sulfide) groups is 1. The van der Waals surface area contributed by atoms with E-state index in [2.05, 4.69) is 24.2 Å². The molecule has 1 aliphatic carbocycles. The normalized spacial score (nSPS) is 32.7.